The highest BCUT2D eigenvalue weighted by atomic mass is 19.1. The number of anilines is 2. The molecule has 2 aliphatic heterocycles. The summed E-state index contributed by atoms with van der Waals surface area (Å²) in [6, 6.07) is 10.6. The van der Waals surface area contributed by atoms with Crippen molar-refractivity contribution in [1.29, 1.82) is 0 Å². The van der Waals surface area contributed by atoms with Gasteiger partial charge in [-0.2, -0.15) is 9.37 Å². The molecule has 1 atom stereocenters. The predicted octanol–water partition coefficient (Wildman–Crippen LogP) is 3.10. The van der Waals surface area contributed by atoms with Gasteiger partial charge in [0.25, 0.3) is 5.91 Å². The second-order valence-electron chi connectivity index (χ2n) is 8.94. The van der Waals surface area contributed by atoms with Gasteiger partial charge in [-0.25, -0.2) is 9.37 Å². The van der Waals surface area contributed by atoms with Gasteiger partial charge in [0.15, 0.2) is 5.82 Å². The van der Waals surface area contributed by atoms with E-state index in [1.807, 2.05) is 12.1 Å². The van der Waals surface area contributed by atoms with Gasteiger partial charge < -0.3 is 20.9 Å². The maximum atomic E-state index is 15.0. The van der Waals surface area contributed by atoms with Crippen molar-refractivity contribution >= 4 is 17.4 Å². The number of rotatable bonds is 3. The Morgan fingerprint density at radius 3 is 2.56 bits per heavy atom. The number of benzene rings is 2. The number of nitrogens with two attached hydrogens (primary N) is 1. The molecule has 0 radical (unpaired) electrons. The van der Waals surface area contributed by atoms with Crippen LogP contribution in [0.2, 0.25) is 0 Å². The number of aromatic nitrogens is 2. The normalized spacial score (nSPS) is 18.5. The van der Waals surface area contributed by atoms with Crippen LogP contribution < -0.4 is 16.0 Å². The summed E-state index contributed by atoms with van der Waals surface area (Å²) in [5.74, 6) is -2.00. The van der Waals surface area contributed by atoms with Crippen LogP contribution in [0.5, 0.6) is 0 Å². The number of nitrogen functional groups attached to an aromatic ring is 1. The van der Waals surface area contributed by atoms with Gasteiger partial charge >= 0.3 is 0 Å². The van der Waals surface area contributed by atoms with E-state index in [1.54, 1.807) is 18.2 Å². The summed E-state index contributed by atoms with van der Waals surface area (Å²) >= 11 is 0. The number of nitrogens with zero attached hydrogens (tertiary/aromatic N) is 4. The SMILES string of the molecule is CC1CN(C)CCN1c1ccc(-c2nc(-c3cc4c(cc3F)C(=O)NCC4)c(N)nc2F)cc1. The molecule has 7 nitrogen and oxygen atoms in total. The van der Waals surface area contributed by atoms with Crippen molar-refractivity contribution in [2.75, 3.05) is 43.9 Å². The molecule has 1 amide bonds. The van der Waals surface area contributed by atoms with E-state index < -0.39 is 11.8 Å². The van der Waals surface area contributed by atoms with E-state index in [-0.39, 0.29) is 34.2 Å². The lowest BCUT2D eigenvalue weighted by molar-refractivity contribution is 0.0945. The Morgan fingerprint density at radius 1 is 1.06 bits per heavy atom. The number of halogens is 2. The third kappa shape index (κ3) is 3.96. The summed E-state index contributed by atoms with van der Waals surface area (Å²) in [5, 5.41) is 2.69. The molecule has 1 unspecified atom stereocenters. The molecule has 0 aliphatic carbocycles. The number of carbonyl (C=O) groups excluding carboxylic acids is 1. The first-order valence-electron chi connectivity index (χ1n) is 11.3. The minimum absolute atomic E-state index is 0.00274. The molecule has 9 heteroatoms. The molecule has 1 aromatic heterocycles. The lowest BCUT2D eigenvalue weighted by Crippen LogP contribution is -2.50. The Hall–Kier alpha value is -3.59. The molecule has 3 N–H and O–H groups in total. The van der Waals surface area contributed by atoms with Gasteiger partial charge in [-0.05, 0) is 50.2 Å². The Morgan fingerprint density at radius 2 is 1.82 bits per heavy atom. The van der Waals surface area contributed by atoms with E-state index in [0.29, 0.717) is 30.1 Å². The molecule has 2 aromatic carbocycles. The van der Waals surface area contributed by atoms with Crippen LogP contribution in [0.3, 0.4) is 0 Å². The van der Waals surface area contributed by atoms with Gasteiger partial charge in [0.2, 0.25) is 5.95 Å². The highest BCUT2D eigenvalue weighted by Gasteiger charge is 2.24. The van der Waals surface area contributed by atoms with Crippen molar-refractivity contribution in [1.82, 2.24) is 20.2 Å². The number of piperazine rings is 1. The van der Waals surface area contributed by atoms with Crippen LogP contribution in [-0.4, -0.2) is 60.0 Å². The summed E-state index contributed by atoms with van der Waals surface area (Å²) in [4.78, 5) is 24.8. The Balaban J connectivity index is 1.51. The summed E-state index contributed by atoms with van der Waals surface area (Å²) in [5.41, 5.74) is 8.65. The minimum atomic E-state index is -0.820. The zero-order chi connectivity index (χ0) is 24.0. The van der Waals surface area contributed by atoms with Gasteiger partial charge in [0.05, 0.1) is 0 Å². The van der Waals surface area contributed by atoms with Crippen LogP contribution in [0.25, 0.3) is 22.5 Å². The molecule has 2 aliphatic rings. The molecule has 0 bridgehead atoms. The fourth-order valence-electron chi connectivity index (χ4n) is 4.77. The van der Waals surface area contributed by atoms with Gasteiger partial charge in [-0.1, -0.05) is 12.1 Å². The molecule has 5 rings (SSSR count). The van der Waals surface area contributed by atoms with Crippen LogP contribution in [0.15, 0.2) is 36.4 Å². The molecule has 34 heavy (non-hydrogen) atoms. The topological polar surface area (TPSA) is 87.4 Å². The zero-order valence-electron chi connectivity index (χ0n) is 19.1. The van der Waals surface area contributed by atoms with Crippen LogP contribution in [0.4, 0.5) is 20.3 Å². The molecular weight excluding hydrogens is 438 g/mol. The summed E-state index contributed by atoms with van der Waals surface area (Å²) in [6.45, 7) is 5.49. The lowest BCUT2D eigenvalue weighted by Gasteiger charge is -2.39. The molecule has 0 spiro atoms. The first-order valence-corrected chi connectivity index (χ1v) is 11.3. The fraction of sp³-hybridized carbons (Fsp3) is 0.320. The van der Waals surface area contributed by atoms with Crippen LogP contribution >= 0.6 is 0 Å². The number of carbonyl (C=O) groups is 1. The van der Waals surface area contributed by atoms with Crippen molar-refractivity contribution in [2.24, 2.45) is 0 Å². The Kier molecular flexibility index (Phi) is 5.65. The zero-order valence-corrected chi connectivity index (χ0v) is 19.1. The maximum Gasteiger partial charge on any atom is 0.251 e. The summed E-state index contributed by atoms with van der Waals surface area (Å²) in [6.07, 6.45) is 0.557. The smallest absolute Gasteiger partial charge is 0.251 e. The standard InChI is InChI=1S/C25H26F2N6O/c1-14-13-32(2)9-10-33(14)17-5-3-15(4-6-17)21-23(27)31-24(28)22(30-21)19-11-16-7-8-29-25(34)18(16)12-20(19)26/h3-6,11-12,14H,7-10,13H2,1-2H3,(H2,28,31)(H,29,34). The van der Waals surface area contributed by atoms with Crippen LogP contribution in [0.1, 0.15) is 22.8 Å². The number of hydrogen-bond acceptors (Lipinski definition) is 6. The van der Waals surface area contributed by atoms with E-state index in [1.165, 1.54) is 6.07 Å². The van der Waals surface area contributed by atoms with E-state index in [2.05, 4.69) is 39.1 Å². The van der Waals surface area contributed by atoms with Gasteiger partial charge in [-0.3, -0.25) is 4.79 Å². The van der Waals surface area contributed by atoms with Crippen molar-refractivity contribution in [3.8, 4) is 22.5 Å². The number of nitrogens with one attached hydrogen (secondary N) is 1. The third-order valence-corrected chi connectivity index (χ3v) is 6.56. The Labute approximate surface area is 196 Å². The van der Waals surface area contributed by atoms with Crippen LogP contribution in [-0.2, 0) is 6.42 Å². The quantitative estimate of drug-likeness (QED) is 0.620. The van der Waals surface area contributed by atoms with Crippen LogP contribution in [0, 0.1) is 11.8 Å². The highest BCUT2D eigenvalue weighted by Crippen LogP contribution is 2.33. The first kappa shape index (κ1) is 22.2. The van der Waals surface area contributed by atoms with E-state index in [0.717, 1.165) is 25.3 Å². The lowest BCUT2D eigenvalue weighted by atomic mass is 9.96. The first-order chi connectivity index (χ1) is 16.3. The molecule has 0 saturated carbocycles. The van der Waals surface area contributed by atoms with E-state index in [4.69, 9.17) is 5.73 Å². The highest BCUT2D eigenvalue weighted by molar-refractivity contribution is 5.97. The largest absolute Gasteiger partial charge is 0.382 e. The third-order valence-electron chi connectivity index (χ3n) is 6.56. The van der Waals surface area contributed by atoms with E-state index in [9.17, 15) is 13.6 Å². The van der Waals surface area contributed by atoms with Crippen molar-refractivity contribution in [2.45, 2.75) is 19.4 Å². The molecule has 3 aromatic rings. The fourth-order valence-corrected chi connectivity index (χ4v) is 4.77. The average molecular weight is 465 g/mol. The van der Waals surface area contributed by atoms with Crippen molar-refractivity contribution < 1.29 is 13.6 Å². The van der Waals surface area contributed by atoms with Crippen molar-refractivity contribution in [3.05, 3.63) is 59.3 Å². The van der Waals surface area contributed by atoms with Gasteiger partial charge in [0, 0.05) is 54.6 Å². The molecule has 176 valence electrons. The molecular formula is C25H26F2N6O. The number of likely N-dealkylation sites (N-methyl/N-ethyl adjacent to an activating group) is 1. The second-order valence-corrected chi connectivity index (χ2v) is 8.94. The molecule has 3 heterocycles. The monoisotopic (exact) mass is 464 g/mol. The number of amides is 1. The number of hydrogen-bond donors (Lipinski definition) is 2. The van der Waals surface area contributed by atoms with Gasteiger partial charge in [0.1, 0.15) is 17.2 Å². The second kappa shape index (κ2) is 8.64. The minimum Gasteiger partial charge on any atom is -0.382 e. The van der Waals surface area contributed by atoms with E-state index >= 15 is 0 Å². The summed E-state index contributed by atoms with van der Waals surface area (Å²) in [7, 11) is 2.11. The molecule has 1 fully saturated rings. The number of fused-ring (bicyclic) bond motifs is 1. The van der Waals surface area contributed by atoms with Crippen molar-refractivity contribution in [3.63, 3.8) is 0 Å². The summed E-state index contributed by atoms with van der Waals surface area (Å²) < 4.78 is 29.8. The predicted molar refractivity (Wildman–Crippen MR) is 128 cm³/mol. The Bertz CT molecular complexity index is 1260. The van der Waals surface area contributed by atoms with Gasteiger partial charge in [-0.15, -0.1) is 0 Å². The maximum absolute atomic E-state index is 15.0. The molecule has 1 saturated heterocycles. The average Bonchev–Trinajstić information content (AvgIpc) is 2.80.